The predicted molar refractivity (Wildman–Crippen MR) is 418 cm³/mol. The van der Waals surface area contributed by atoms with Gasteiger partial charge in [0.15, 0.2) is 34.5 Å². The summed E-state index contributed by atoms with van der Waals surface area (Å²) in [5.41, 5.74) is 11.3. The molecular formula is C83H90N10O16S2. The van der Waals surface area contributed by atoms with Gasteiger partial charge in [0.1, 0.15) is 29.1 Å². The van der Waals surface area contributed by atoms with Crippen molar-refractivity contribution in [2.45, 2.75) is 136 Å². The molecule has 26 nitrogen and oxygen atoms in total. The maximum Gasteiger partial charge on any atom is 0.407 e. The monoisotopic (exact) mass is 1550 g/mol. The zero-order valence-corrected chi connectivity index (χ0v) is 63.3. The molecule has 6 aromatic carbocycles. The molecule has 8 heterocycles. The molecule has 580 valence electrons. The maximum atomic E-state index is 13.3. The Hall–Kier alpha value is -11.5. The standard InChI is InChI=1S/C28H29N3O5S.C28H29N3O5.C27H26N4O6S.3H2/c1-19-4-3-15-31(17-19)37(33,34)22-10-7-20(8-11-22)23-5-2-6-26(29-23)30-27(32)28(13-14-28)21-9-12-24-25(16-21)36-18-35-24;1-27(2,3)36-26(33)30-15-18-5-4-6-19(13-18)20-7-10-24(29-16-20)31-25(32)28(11-12-28)21-8-9-22-23(14-21)35-17-34-22;28-25(32)21-4-2-14-31(21)38(34,35)19-9-6-17(7-10-19)20-3-1-5-24(29-20)30-26(33)27(12-13-27)18-8-11-22-23(15-18)37-16-36-22;;;/h2,5-12,16,19H,3-4,13-15,17-18H2,1H3,(H,29,30,32);4-10,13-14,16H,11-12,15,17H2,1-3H3,(H,30,33)(H,29,31,32);1,3,5-11,15,21H,2,4,12-14,16H2,(H2,28,32)(H,29,30,33);3*1H/t;;21-;;;/m..0.../s1. The first-order valence-electron chi connectivity index (χ1n) is 37.0. The molecule has 3 aromatic heterocycles. The van der Waals surface area contributed by atoms with Crippen LogP contribution in [0.1, 0.15) is 118 Å². The molecule has 8 aliphatic rings. The van der Waals surface area contributed by atoms with Gasteiger partial charge in [0.05, 0.1) is 37.4 Å². The van der Waals surface area contributed by atoms with Gasteiger partial charge in [-0.05, 0) is 222 Å². The number of nitrogens with two attached hydrogens (primary N) is 1. The number of aromatic nitrogens is 3. The summed E-state index contributed by atoms with van der Waals surface area (Å²) >= 11 is 0. The van der Waals surface area contributed by atoms with E-state index in [-0.39, 0.29) is 58.7 Å². The van der Waals surface area contributed by atoms with Crippen LogP contribution in [0.2, 0.25) is 0 Å². The van der Waals surface area contributed by atoms with Crippen LogP contribution in [-0.2, 0) is 66.8 Å². The van der Waals surface area contributed by atoms with Gasteiger partial charge in [0.25, 0.3) is 0 Å². The number of nitrogens with one attached hydrogen (secondary N) is 4. The van der Waals surface area contributed by atoms with Crippen LogP contribution >= 0.6 is 0 Å². The van der Waals surface area contributed by atoms with Crippen molar-refractivity contribution in [1.29, 1.82) is 0 Å². The lowest BCUT2D eigenvalue weighted by Gasteiger charge is -2.30. The van der Waals surface area contributed by atoms with Gasteiger partial charge in [-0.15, -0.1) is 0 Å². The van der Waals surface area contributed by atoms with E-state index in [4.69, 9.17) is 38.9 Å². The number of piperidine rings is 1. The zero-order valence-electron chi connectivity index (χ0n) is 61.7. The Labute approximate surface area is 647 Å². The Bertz CT molecular complexity index is 5340. The van der Waals surface area contributed by atoms with Crippen molar-refractivity contribution in [1.82, 2.24) is 28.9 Å². The molecule has 5 fully saturated rings. The summed E-state index contributed by atoms with van der Waals surface area (Å²) in [5.74, 6) is 4.81. The zero-order chi connectivity index (χ0) is 77.5. The first kappa shape index (κ1) is 75.0. The molecule has 1 unspecified atom stereocenters. The number of nitrogens with zero attached hydrogens (tertiary/aromatic N) is 5. The molecule has 2 atom stereocenters. The first-order chi connectivity index (χ1) is 53.3. The van der Waals surface area contributed by atoms with Crippen molar-refractivity contribution in [3.63, 3.8) is 0 Å². The van der Waals surface area contributed by atoms with E-state index in [0.717, 1.165) is 90.3 Å². The molecule has 0 bridgehead atoms. The summed E-state index contributed by atoms with van der Waals surface area (Å²) in [6.45, 7) is 9.87. The highest BCUT2D eigenvalue weighted by Gasteiger charge is 2.54. The molecule has 111 heavy (non-hydrogen) atoms. The highest BCUT2D eigenvalue weighted by atomic mass is 32.2. The number of fused-ring (bicyclic) bond motifs is 3. The number of amides is 5. The first-order valence-corrected chi connectivity index (χ1v) is 39.9. The molecule has 6 N–H and O–H groups in total. The molecule has 3 saturated carbocycles. The van der Waals surface area contributed by atoms with Crippen molar-refractivity contribution in [3.8, 4) is 68.1 Å². The summed E-state index contributed by atoms with van der Waals surface area (Å²) in [6.07, 6.45) is 8.74. The van der Waals surface area contributed by atoms with Crippen molar-refractivity contribution in [2.24, 2.45) is 11.7 Å². The number of carbonyl (C=O) groups is 5. The molecular weight excluding hydrogens is 1460 g/mol. The van der Waals surface area contributed by atoms with Crippen LogP contribution in [0.5, 0.6) is 34.5 Å². The molecule has 5 aliphatic heterocycles. The number of sulfonamides is 2. The fraction of sp³-hybridized carbons (Fsp3) is 0.325. The van der Waals surface area contributed by atoms with E-state index < -0.39 is 59.9 Å². The highest BCUT2D eigenvalue weighted by Crippen LogP contribution is 2.54. The van der Waals surface area contributed by atoms with Gasteiger partial charge in [-0.2, -0.15) is 8.61 Å². The number of rotatable bonds is 19. The lowest BCUT2D eigenvalue weighted by atomic mass is 9.94. The topological polar surface area (TPSA) is 338 Å². The lowest BCUT2D eigenvalue weighted by Crippen LogP contribution is -2.43. The minimum absolute atomic E-state index is 0. The third-order valence-corrected chi connectivity index (χ3v) is 24.9. The van der Waals surface area contributed by atoms with Gasteiger partial charge in [-0.1, -0.05) is 79.7 Å². The summed E-state index contributed by atoms with van der Waals surface area (Å²) in [5, 5.41) is 11.7. The van der Waals surface area contributed by atoms with Gasteiger partial charge >= 0.3 is 6.09 Å². The second kappa shape index (κ2) is 30.4. The average molecular weight is 1550 g/mol. The average Bonchev–Trinajstić information content (AvgIpc) is 1.53. The molecule has 17 rings (SSSR count). The second-order valence-corrected chi connectivity index (χ2v) is 33.8. The molecule has 2 saturated heterocycles. The quantitative estimate of drug-likeness (QED) is 0.0502. The van der Waals surface area contributed by atoms with Gasteiger partial charge < -0.3 is 60.2 Å². The summed E-state index contributed by atoms with van der Waals surface area (Å²) in [6, 6.07) is 51.5. The number of alkyl carbamates (subject to hydrolysis) is 1. The minimum atomic E-state index is -3.86. The maximum absolute atomic E-state index is 13.3. The van der Waals surface area contributed by atoms with E-state index in [1.54, 1.807) is 77.2 Å². The van der Waals surface area contributed by atoms with Gasteiger partial charge in [0, 0.05) is 53.3 Å². The van der Waals surface area contributed by atoms with Crippen LogP contribution < -0.4 is 55.4 Å². The van der Waals surface area contributed by atoms with Crippen LogP contribution in [0.15, 0.2) is 192 Å². The Morgan fingerprint density at radius 1 is 0.514 bits per heavy atom. The van der Waals surface area contributed by atoms with Gasteiger partial charge in [-0.25, -0.2) is 36.6 Å². The number of primary amides is 1. The SMILES string of the molecule is CC(C)(C)OC(=O)NCc1cccc(-c2ccc(NC(=O)C3(c4ccc5c(c4)OCO5)CC3)nc2)c1.CC1CCCN(S(=O)(=O)c2ccc(-c3cccc(NC(=O)C4(c5ccc6c(c5)OCO6)CC4)n3)cc2)C1.NC(=O)[C@@H]1CCCN1S(=O)(=O)c1ccc(-c2cccc(NC(=O)C3(c4ccc5c(c4)OCO5)CC3)n2)cc1.[HH].[HH].[HH]. The third-order valence-electron chi connectivity index (χ3n) is 21.1. The van der Waals surface area contributed by atoms with E-state index in [1.807, 2.05) is 118 Å². The molecule has 0 radical (unpaired) electrons. The number of benzene rings is 6. The molecule has 0 spiro atoms. The second-order valence-electron chi connectivity index (χ2n) is 30.0. The van der Waals surface area contributed by atoms with E-state index in [1.165, 1.54) is 16.4 Å². The van der Waals surface area contributed by atoms with Crippen molar-refractivity contribution < 1.29 is 78.2 Å². The highest BCUT2D eigenvalue weighted by molar-refractivity contribution is 7.89. The Balaban J connectivity index is 0.000000156. The fourth-order valence-electron chi connectivity index (χ4n) is 14.5. The number of carbonyl (C=O) groups excluding carboxylic acids is 5. The van der Waals surface area contributed by atoms with E-state index >= 15 is 0 Å². The Morgan fingerprint density at radius 2 is 0.964 bits per heavy atom. The number of pyridine rings is 3. The van der Waals surface area contributed by atoms with Gasteiger partial charge in [0.2, 0.25) is 64.1 Å². The largest absolute Gasteiger partial charge is 0.454 e. The normalized spacial score (nSPS) is 18.5. The molecule has 9 aromatic rings. The van der Waals surface area contributed by atoms with Crippen LogP contribution in [-0.4, -0.2) is 122 Å². The van der Waals surface area contributed by atoms with Crippen molar-refractivity contribution in [2.75, 3.05) is 56.0 Å². The van der Waals surface area contributed by atoms with Crippen LogP contribution in [0.4, 0.5) is 22.2 Å². The molecule has 5 amide bonds. The summed E-state index contributed by atoms with van der Waals surface area (Å²) in [4.78, 5) is 77.4. The van der Waals surface area contributed by atoms with E-state index in [9.17, 15) is 40.8 Å². The Morgan fingerprint density at radius 3 is 1.41 bits per heavy atom. The van der Waals surface area contributed by atoms with Crippen LogP contribution in [0, 0.1) is 5.92 Å². The van der Waals surface area contributed by atoms with Gasteiger partial charge in [-0.3, -0.25) is 19.2 Å². The van der Waals surface area contributed by atoms with Crippen molar-refractivity contribution in [3.05, 3.63) is 204 Å². The third kappa shape index (κ3) is 16.1. The summed E-state index contributed by atoms with van der Waals surface area (Å²) < 4.78 is 93.0. The number of anilines is 3. The minimum Gasteiger partial charge on any atom is -0.454 e. The number of ether oxygens (including phenoxy) is 7. The van der Waals surface area contributed by atoms with E-state index in [2.05, 4.69) is 43.1 Å². The smallest absolute Gasteiger partial charge is 0.407 e. The molecule has 28 heteroatoms. The Kier molecular flexibility index (Phi) is 20.6. The molecule has 3 aliphatic carbocycles. The van der Waals surface area contributed by atoms with E-state index in [0.29, 0.717) is 107 Å². The van der Waals surface area contributed by atoms with Crippen LogP contribution in [0.3, 0.4) is 0 Å². The predicted octanol–water partition coefficient (Wildman–Crippen LogP) is 13.3. The number of hydrogen-bond donors (Lipinski definition) is 5. The summed E-state index contributed by atoms with van der Waals surface area (Å²) in [7, 11) is -7.38. The lowest BCUT2D eigenvalue weighted by molar-refractivity contribution is -0.121. The number of hydrogen-bond acceptors (Lipinski definition) is 19. The van der Waals surface area contributed by atoms with Crippen molar-refractivity contribution >= 4 is 67.2 Å². The fourth-order valence-corrected chi connectivity index (χ4v) is 17.7. The van der Waals surface area contributed by atoms with Crippen LogP contribution in [0.25, 0.3) is 33.6 Å².